The number of anilines is 2. The van der Waals surface area contributed by atoms with Crippen molar-refractivity contribution in [2.75, 3.05) is 36.5 Å². The molecule has 7 nitrogen and oxygen atoms in total. The maximum atomic E-state index is 12.5. The zero-order valence-corrected chi connectivity index (χ0v) is 14.1. The van der Waals surface area contributed by atoms with Crippen molar-refractivity contribution in [3.63, 3.8) is 0 Å². The maximum absolute atomic E-state index is 12.5. The van der Waals surface area contributed by atoms with Crippen LogP contribution in [0.5, 0.6) is 0 Å². The van der Waals surface area contributed by atoms with E-state index in [2.05, 4.69) is 20.4 Å². The zero-order valence-electron chi connectivity index (χ0n) is 14.1. The molecule has 1 aliphatic rings. The third kappa shape index (κ3) is 3.43. The van der Waals surface area contributed by atoms with Crippen LogP contribution in [0, 0.1) is 0 Å². The van der Waals surface area contributed by atoms with Gasteiger partial charge in [0.1, 0.15) is 0 Å². The Hall–Kier alpha value is -3.19. The van der Waals surface area contributed by atoms with Gasteiger partial charge in [-0.3, -0.25) is 4.79 Å². The first kappa shape index (κ1) is 16.3. The topological polar surface area (TPSA) is 80.5 Å². The summed E-state index contributed by atoms with van der Waals surface area (Å²) in [6.07, 6.45) is 0. The Labute approximate surface area is 150 Å². The lowest BCUT2D eigenvalue weighted by Crippen LogP contribution is -2.36. The van der Waals surface area contributed by atoms with Gasteiger partial charge in [0.05, 0.1) is 24.6 Å². The van der Waals surface area contributed by atoms with Crippen molar-refractivity contribution in [1.29, 1.82) is 0 Å². The van der Waals surface area contributed by atoms with Crippen LogP contribution in [0.4, 0.5) is 11.4 Å². The zero-order chi connectivity index (χ0) is 17.8. The molecule has 0 aliphatic carbocycles. The van der Waals surface area contributed by atoms with Crippen LogP contribution in [0.15, 0.2) is 59.0 Å². The number of amides is 1. The van der Waals surface area contributed by atoms with Gasteiger partial charge in [-0.25, -0.2) is 0 Å². The van der Waals surface area contributed by atoms with Crippen molar-refractivity contribution in [2.45, 2.75) is 0 Å². The van der Waals surface area contributed by atoms with E-state index in [-0.39, 0.29) is 5.89 Å². The minimum atomic E-state index is -0.430. The number of nitrogens with zero attached hydrogens (tertiary/aromatic N) is 3. The lowest BCUT2D eigenvalue weighted by Gasteiger charge is -2.30. The summed E-state index contributed by atoms with van der Waals surface area (Å²) in [6.45, 7) is 2.91. The Morgan fingerprint density at radius 3 is 2.50 bits per heavy atom. The van der Waals surface area contributed by atoms with E-state index in [1.807, 2.05) is 54.6 Å². The fourth-order valence-corrected chi connectivity index (χ4v) is 2.85. The van der Waals surface area contributed by atoms with E-state index in [1.165, 1.54) is 0 Å². The molecule has 1 saturated heterocycles. The lowest BCUT2D eigenvalue weighted by atomic mass is 10.2. The Kier molecular flexibility index (Phi) is 4.61. The molecule has 0 radical (unpaired) electrons. The lowest BCUT2D eigenvalue weighted by molar-refractivity contribution is 0.0991. The summed E-state index contributed by atoms with van der Waals surface area (Å²) in [4.78, 5) is 14.7. The van der Waals surface area contributed by atoms with Crippen molar-refractivity contribution >= 4 is 17.3 Å². The fourth-order valence-electron chi connectivity index (χ4n) is 2.85. The van der Waals surface area contributed by atoms with Crippen molar-refractivity contribution in [1.82, 2.24) is 10.2 Å². The second-order valence-electron chi connectivity index (χ2n) is 5.85. The van der Waals surface area contributed by atoms with Crippen molar-refractivity contribution in [3.8, 4) is 11.5 Å². The van der Waals surface area contributed by atoms with Gasteiger partial charge in [-0.2, -0.15) is 0 Å². The Morgan fingerprint density at radius 1 is 0.962 bits per heavy atom. The first-order valence-electron chi connectivity index (χ1n) is 8.43. The van der Waals surface area contributed by atoms with E-state index in [1.54, 1.807) is 0 Å². The average Bonchev–Trinajstić information content (AvgIpc) is 3.20. The molecule has 1 N–H and O–H groups in total. The molecule has 26 heavy (non-hydrogen) atoms. The molecule has 2 heterocycles. The van der Waals surface area contributed by atoms with Crippen LogP contribution in [0.1, 0.15) is 10.7 Å². The van der Waals surface area contributed by atoms with Crippen LogP contribution in [0.25, 0.3) is 11.5 Å². The molecule has 1 amide bonds. The van der Waals surface area contributed by atoms with E-state index < -0.39 is 5.91 Å². The number of para-hydroxylation sites is 2. The molecule has 3 aromatic rings. The summed E-state index contributed by atoms with van der Waals surface area (Å²) in [6, 6.07) is 17.0. The summed E-state index contributed by atoms with van der Waals surface area (Å²) in [5, 5.41) is 10.7. The van der Waals surface area contributed by atoms with Crippen LogP contribution < -0.4 is 10.2 Å². The molecular formula is C19H18N4O3. The summed E-state index contributed by atoms with van der Waals surface area (Å²) in [5.41, 5.74) is 2.43. The number of morpholine rings is 1. The van der Waals surface area contributed by atoms with E-state index in [0.717, 1.165) is 24.3 Å². The number of rotatable bonds is 4. The molecule has 1 aromatic heterocycles. The Balaban J connectivity index is 1.53. The third-order valence-electron chi connectivity index (χ3n) is 4.14. The van der Waals surface area contributed by atoms with Gasteiger partial charge in [-0.1, -0.05) is 30.3 Å². The number of hydrogen-bond donors (Lipinski definition) is 1. The van der Waals surface area contributed by atoms with E-state index >= 15 is 0 Å². The maximum Gasteiger partial charge on any atom is 0.313 e. The molecule has 0 unspecified atom stereocenters. The largest absolute Gasteiger partial charge is 0.412 e. The van der Waals surface area contributed by atoms with Gasteiger partial charge in [0, 0.05) is 18.7 Å². The molecule has 4 rings (SSSR count). The van der Waals surface area contributed by atoms with Crippen LogP contribution >= 0.6 is 0 Å². The number of aromatic nitrogens is 2. The SMILES string of the molecule is O=C(Nc1ccccc1N1CCOCC1)c1nnc(-c2ccccc2)o1. The highest BCUT2D eigenvalue weighted by Gasteiger charge is 2.19. The van der Waals surface area contributed by atoms with E-state index in [4.69, 9.17) is 9.15 Å². The normalized spacial score (nSPS) is 14.2. The van der Waals surface area contributed by atoms with Crippen LogP contribution in [-0.2, 0) is 4.74 Å². The second kappa shape index (κ2) is 7.37. The Bertz CT molecular complexity index is 889. The molecule has 0 saturated carbocycles. The van der Waals surface area contributed by atoms with Gasteiger partial charge in [0.25, 0.3) is 0 Å². The second-order valence-corrected chi connectivity index (χ2v) is 5.85. The van der Waals surface area contributed by atoms with Gasteiger partial charge in [0.15, 0.2) is 0 Å². The summed E-state index contributed by atoms with van der Waals surface area (Å²) < 4.78 is 10.9. The van der Waals surface area contributed by atoms with Crippen LogP contribution in [-0.4, -0.2) is 42.4 Å². The molecule has 0 spiro atoms. The highest BCUT2D eigenvalue weighted by molar-refractivity contribution is 6.03. The molecule has 2 aromatic carbocycles. The smallest absolute Gasteiger partial charge is 0.313 e. The minimum Gasteiger partial charge on any atom is -0.412 e. The molecule has 7 heteroatoms. The van der Waals surface area contributed by atoms with E-state index in [0.29, 0.717) is 24.8 Å². The standard InChI is InChI=1S/C19H18N4O3/c24-17(19-22-21-18(26-19)14-6-2-1-3-7-14)20-15-8-4-5-9-16(15)23-10-12-25-13-11-23/h1-9H,10-13H2,(H,20,24). The number of carbonyl (C=O) groups excluding carboxylic acids is 1. The predicted octanol–water partition coefficient (Wildman–Crippen LogP) is 2.83. The highest BCUT2D eigenvalue weighted by atomic mass is 16.5. The number of hydrogen-bond acceptors (Lipinski definition) is 6. The number of carbonyl (C=O) groups is 1. The quantitative estimate of drug-likeness (QED) is 0.779. The van der Waals surface area contributed by atoms with Gasteiger partial charge < -0.3 is 19.4 Å². The molecule has 132 valence electrons. The van der Waals surface area contributed by atoms with Crippen molar-refractivity contribution in [2.24, 2.45) is 0 Å². The van der Waals surface area contributed by atoms with Gasteiger partial charge in [0.2, 0.25) is 5.89 Å². The average molecular weight is 350 g/mol. The summed E-state index contributed by atoms with van der Waals surface area (Å²) >= 11 is 0. The number of benzene rings is 2. The third-order valence-corrected chi connectivity index (χ3v) is 4.14. The molecule has 0 bridgehead atoms. The predicted molar refractivity (Wildman–Crippen MR) is 97.2 cm³/mol. The first-order valence-corrected chi connectivity index (χ1v) is 8.43. The molecule has 0 atom stereocenters. The number of nitrogens with one attached hydrogen (secondary N) is 1. The molecular weight excluding hydrogens is 332 g/mol. The van der Waals surface area contributed by atoms with Crippen molar-refractivity contribution < 1.29 is 13.9 Å². The minimum absolute atomic E-state index is 0.0689. The van der Waals surface area contributed by atoms with Gasteiger partial charge >= 0.3 is 11.8 Å². The summed E-state index contributed by atoms with van der Waals surface area (Å²) in [7, 11) is 0. The van der Waals surface area contributed by atoms with Crippen LogP contribution in [0.2, 0.25) is 0 Å². The Morgan fingerprint density at radius 2 is 1.69 bits per heavy atom. The monoisotopic (exact) mass is 350 g/mol. The number of ether oxygens (including phenoxy) is 1. The highest BCUT2D eigenvalue weighted by Crippen LogP contribution is 2.27. The first-order chi connectivity index (χ1) is 12.8. The van der Waals surface area contributed by atoms with Gasteiger partial charge in [-0.15, -0.1) is 10.2 Å². The fraction of sp³-hybridized carbons (Fsp3) is 0.211. The molecule has 1 aliphatic heterocycles. The van der Waals surface area contributed by atoms with Gasteiger partial charge in [-0.05, 0) is 24.3 Å². The summed E-state index contributed by atoms with van der Waals surface area (Å²) in [5.74, 6) is -0.182. The van der Waals surface area contributed by atoms with Crippen molar-refractivity contribution in [3.05, 3.63) is 60.5 Å². The van der Waals surface area contributed by atoms with Crippen LogP contribution in [0.3, 0.4) is 0 Å². The molecule has 1 fully saturated rings. The van der Waals surface area contributed by atoms with E-state index in [9.17, 15) is 4.79 Å².